The van der Waals surface area contributed by atoms with E-state index >= 15 is 0 Å². The zero-order chi connectivity index (χ0) is 24.3. The van der Waals surface area contributed by atoms with Gasteiger partial charge in [0.2, 0.25) is 0 Å². The largest absolute Gasteiger partial charge is 0.258 e. The Labute approximate surface area is 214 Å². The molecule has 1 aliphatic rings. The normalized spacial score (nSPS) is 12.8. The highest BCUT2D eigenvalue weighted by Gasteiger charge is 2.33. The highest BCUT2D eigenvalue weighted by molar-refractivity contribution is 6.20. The van der Waals surface area contributed by atoms with Gasteiger partial charge in [-0.3, -0.25) is 0 Å². The van der Waals surface area contributed by atoms with Crippen LogP contribution < -0.4 is 15.3 Å². The molecule has 2 heterocycles. The molecule has 0 aliphatic carbocycles. The minimum atomic E-state index is 1.21. The van der Waals surface area contributed by atoms with Crippen LogP contribution in [0.3, 0.4) is 0 Å². The van der Waals surface area contributed by atoms with Crippen LogP contribution in [0, 0.1) is 0 Å². The van der Waals surface area contributed by atoms with E-state index in [4.69, 9.17) is 0 Å². The molecule has 2 nitrogen and oxygen atoms in total. The number of nitrogens with zero attached hydrogens (tertiary/aromatic N) is 2. The molecule has 0 saturated carbocycles. The molecular formula is C35H23N2+. The molecule has 6 aromatic carbocycles. The van der Waals surface area contributed by atoms with Gasteiger partial charge >= 0.3 is 0 Å². The maximum atomic E-state index is 2.40. The number of hydrogen-bond donors (Lipinski definition) is 0. The van der Waals surface area contributed by atoms with Crippen LogP contribution in [0.4, 0.5) is 0 Å². The average Bonchev–Trinajstić information content (AvgIpc) is 3.29. The summed E-state index contributed by atoms with van der Waals surface area (Å²) in [6, 6.07) is 50.2. The molecular weight excluding hydrogens is 448 g/mol. The van der Waals surface area contributed by atoms with Gasteiger partial charge in [-0.1, -0.05) is 108 Å². The lowest BCUT2D eigenvalue weighted by atomic mass is 10.0. The molecule has 1 aliphatic heterocycles. The van der Waals surface area contributed by atoms with E-state index in [-0.39, 0.29) is 0 Å². The van der Waals surface area contributed by atoms with Gasteiger partial charge in [0.1, 0.15) is 16.3 Å². The molecule has 0 saturated heterocycles. The van der Waals surface area contributed by atoms with Crippen LogP contribution in [-0.4, -0.2) is 4.68 Å². The van der Waals surface area contributed by atoms with E-state index in [0.717, 1.165) is 0 Å². The molecule has 0 radical (unpaired) electrons. The maximum Gasteiger partial charge on any atom is 0.258 e. The van der Waals surface area contributed by atoms with Crippen LogP contribution in [0.25, 0.3) is 49.4 Å². The molecule has 1 aromatic heterocycles. The number of benzene rings is 6. The number of rotatable bonds is 3. The molecule has 0 fully saturated rings. The standard InChI is InChI=1S/C35H23N2/c1-2-10-24(11-3-1)25-18-20-27(21-19-25)35-30-15-7-9-17-32(30)37(35)36-31-16-8-6-14-29(31)34-28-13-5-4-12-26(28)22-23-33(34)36/h1-23H/q+1. The second-order valence-electron chi connectivity index (χ2n) is 9.63. The molecule has 2 heteroatoms. The van der Waals surface area contributed by atoms with Gasteiger partial charge in [-0.15, -0.1) is 4.68 Å². The lowest BCUT2D eigenvalue weighted by Crippen LogP contribution is -2.53. The van der Waals surface area contributed by atoms with Gasteiger partial charge in [0.15, 0.2) is 0 Å². The predicted molar refractivity (Wildman–Crippen MR) is 154 cm³/mol. The Morgan fingerprint density at radius 1 is 0.432 bits per heavy atom. The van der Waals surface area contributed by atoms with E-state index in [1.807, 2.05) is 0 Å². The quantitative estimate of drug-likeness (QED) is 0.252. The van der Waals surface area contributed by atoms with Crippen LogP contribution in [0.15, 0.2) is 140 Å². The van der Waals surface area contributed by atoms with E-state index in [0.29, 0.717) is 0 Å². The highest BCUT2D eigenvalue weighted by Crippen LogP contribution is 2.35. The summed E-state index contributed by atoms with van der Waals surface area (Å²) in [5, 5.41) is 7.64. The average molecular weight is 472 g/mol. The molecule has 7 aromatic rings. The monoisotopic (exact) mass is 471 g/mol. The molecule has 0 atom stereocenters. The fraction of sp³-hybridized carbons (Fsp3) is 0. The van der Waals surface area contributed by atoms with Crippen LogP contribution in [-0.2, 0) is 0 Å². The molecule has 8 rings (SSSR count). The Hall–Kier alpha value is -4.95. The summed E-state index contributed by atoms with van der Waals surface area (Å²) in [6.07, 6.45) is 0. The van der Waals surface area contributed by atoms with E-state index in [1.165, 1.54) is 65.5 Å². The molecule has 37 heavy (non-hydrogen) atoms. The van der Waals surface area contributed by atoms with Crippen molar-refractivity contribution in [2.75, 3.05) is 0 Å². The van der Waals surface area contributed by atoms with Gasteiger partial charge in [0.05, 0.1) is 5.56 Å². The maximum absolute atomic E-state index is 2.40. The van der Waals surface area contributed by atoms with Crippen molar-refractivity contribution in [3.8, 4) is 11.1 Å². The lowest BCUT2D eigenvalue weighted by Gasteiger charge is -2.16. The summed E-state index contributed by atoms with van der Waals surface area (Å²) in [6.45, 7) is 0. The summed E-state index contributed by atoms with van der Waals surface area (Å²) >= 11 is 0. The zero-order valence-electron chi connectivity index (χ0n) is 20.2. The molecule has 0 unspecified atom stereocenters. The molecule has 0 spiro atoms. The van der Waals surface area contributed by atoms with Gasteiger partial charge in [-0.25, -0.2) is 0 Å². The van der Waals surface area contributed by atoms with E-state index in [1.54, 1.807) is 0 Å². The van der Waals surface area contributed by atoms with Crippen molar-refractivity contribution in [3.63, 3.8) is 0 Å². The van der Waals surface area contributed by atoms with Crippen LogP contribution in [0.2, 0.25) is 0 Å². The highest BCUT2D eigenvalue weighted by atomic mass is 15.5. The number of fused-ring (bicyclic) bond motifs is 6. The third kappa shape index (κ3) is 2.90. The Kier molecular flexibility index (Phi) is 4.26. The van der Waals surface area contributed by atoms with Crippen molar-refractivity contribution in [3.05, 3.63) is 156 Å². The van der Waals surface area contributed by atoms with Crippen molar-refractivity contribution >= 4 is 38.3 Å². The molecule has 172 valence electrons. The van der Waals surface area contributed by atoms with Crippen molar-refractivity contribution in [1.29, 1.82) is 0 Å². The van der Waals surface area contributed by atoms with Gasteiger partial charge < -0.3 is 0 Å². The molecule has 0 amide bonds. The number of aromatic nitrogens is 1. The number of hydrogen-bond acceptors (Lipinski definition) is 0. The first kappa shape index (κ1) is 20.3. The number of para-hydroxylation sites is 2. The van der Waals surface area contributed by atoms with Crippen molar-refractivity contribution in [1.82, 2.24) is 9.36 Å². The molecule has 0 N–H and O–H groups in total. The van der Waals surface area contributed by atoms with Gasteiger partial charge in [0.25, 0.3) is 11.1 Å². The SMILES string of the molecule is c1ccc(-c2ccc(C3=c4ccccc4=[N+]3n3c4ccccc4c4c5ccccc5ccc43)cc2)cc1. The summed E-state index contributed by atoms with van der Waals surface area (Å²) in [5.74, 6) is 0. The summed E-state index contributed by atoms with van der Waals surface area (Å²) in [5.41, 5.74) is 7.33. The van der Waals surface area contributed by atoms with Crippen LogP contribution in [0.5, 0.6) is 0 Å². The Balaban J connectivity index is 1.40. The summed E-state index contributed by atoms with van der Waals surface area (Å²) < 4.78 is 4.80. The minimum absolute atomic E-state index is 1.21. The van der Waals surface area contributed by atoms with Crippen molar-refractivity contribution in [2.45, 2.75) is 0 Å². The zero-order valence-corrected chi connectivity index (χ0v) is 20.2. The van der Waals surface area contributed by atoms with E-state index in [2.05, 4.69) is 149 Å². The van der Waals surface area contributed by atoms with Gasteiger partial charge in [-0.2, -0.15) is 0 Å². The Morgan fingerprint density at radius 2 is 1.08 bits per heavy atom. The lowest BCUT2D eigenvalue weighted by molar-refractivity contribution is 0.625. The smallest absolute Gasteiger partial charge is 0.114 e. The first-order chi connectivity index (χ1) is 18.4. The van der Waals surface area contributed by atoms with Gasteiger partial charge in [-0.05, 0) is 52.2 Å². The van der Waals surface area contributed by atoms with Crippen LogP contribution >= 0.6 is 0 Å². The van der Waals surface area contributed by atoms with Gasteiger partial charge in [0, 0.05) is 16.8 Å². The van der Waals surface area contributed by atoms with Crippen LogP contribution in [0.1, 0.15) is 5.56 Å². The topological polar surface area (TPSA) is 7.94 Å². The Bertz CT molecular complexity index is 2120. The second kappa shape index (κ2) is 7.78. The summed E-state index contributed by atoms with van der Waals surface area (Å²) in [4.78, 5) is 0. The Morgan fingerprint density at radius 3 is 1.95 bits per heavy atom. The first-order valence-corrected chi connectivity index (χ1v) is 12.7. The van der Waals surface area contributed by atoms with E-state index in [9.17, 15) is 0 Å². The van der Waals surface area contributed by atoms with Crippen molar-refractivity contribution < 1.29 is 0 Å². The fourth-order valence-electron chi connectivity index (χ4n) is 5.91. The first-order valence-electron chi connectivity index (χ1n) is 12.7. The predicted octanol–water partition coefficient (Wildman–Crippen LogP) is 6.74. The third-order valence-corrected chi connectivity index (χ3v) is 7.60. The fourth-order valence-corrected chi connectivity index (χ4v) is 5.91. The minimum Gasteiger partial charge on any atom is -0.114 e. The second-order valence-corrected chi connectivity index (χ2v) is 9.63. The summed E-state index contributed by atoms with van der Waals surface area (Å²) in [7, 11) is 0. The molecule has 0 bridgehead atoms. The third-order valence-electron chi connectivity index (χ3n) is 7.60. The van der Waals surface area contributed by atoms with Crippen molar-refractivity contribution in [2.24, 2.45) is 0 Å². The van der Waals surface area contributed by atoms with E-state index < -0.39 is 0 Å².